The molecular weight excluding hydrogens is 246 g/mol. The molecule has 0 aromatic carbocycles. The van der Waals surface area contributed by atoms with Gasteiger partial charge in [-0.05, 0) is 5.92 Å². The number of carbonyl (C=O) groups is 1. The van der Waals surface area contributed by atoms with Gasteiger partial charge in [-0.2, -0.15) is 0 Å². The fourth-order valence-electron chi connectivity index (χ4n) is 1.09. The van der Waals surface area contributed by atoms with Crippen LogP contribution in [0.5, 0.6) is 0 Å². The molecule has 0 aliphatic rings. The number of rotatable bonds is 4. The number of nitrogens with one attached hydrogen (secondary N) is 1. The minimum Gasteiger partial charge on any atom is -0.352 e. The average Bonchev–Trinajstić information content (AvgIpc) is 2.26. The number of aromatic nitrogens is 1. The van der Waals surface area contributed by atoms with Crippen molar-refractivity contribution >= 4 is 23.2 Å². The quantitative estimate of drug-likeness (QED) is 0.508. The van der Waals surface area contributed by atoms with Crippen LogP contribution in [0, 0.1) is 16.0 Å². The van der Waals surface area contributed by atoms with Gasteiger partial charge >= 0.3 is 0 Å². The first-order valence-electron chi connectivity index (χ1n) is 5.00. The molecular formula is C10H12ClN3O3. The standard InChI is InChI=1S/C10H12ClN3O3/c1-6(2)4-13-10(15)8-3-7(14(16)17)5-12-9(8)11/h3,5-6H,4H2,1-2H3,(H,13,15). The number of nitrogens with zero attached hydrogens (tertiary/aromatic N) is 2. The van der Waals surface area contributed by atoms with Gasteiger partial charge in [0.15, 0.2) is 0 Å². The Morgan fingerprint density at radius 3 is 2.82 bits per heavy atom. The second-order valence-corrected chi connectivity index (χ2v) is 4.25. The van der Waals surface area contributed by atoms with Crippen molar-refractivity contribution in [2.24, 2.45) is 5.92 Å². The minimum atomic E-state index is -0.622. The van der Waals surface area contributed by atoms with Crippen LogP contribution in [-0.2, 0) is 0 Å². The summed E-state index contributed by atoms with van der Waals surface area (Å²) in [6.07, 6.45) is 1.02. The molecule has 1 N–H and O–H groups in total. The third-order valence-electron chi connectivity index (χ3n) is 1.95. The molecule has 0 radical (unpaired) electrons. The molecule has 1 aromatic rings. The molecule has 6 nitrogen and oxygen atoms in total. The predicted octanol–water partition coefficient (Wildman–Crippen LogP) is 2.03. The smallest absolute Gasteiger partial charge is 0.288 e. The van der Waals surface area contributed by atoms with Gasteiger partial charge in [-0.1, -0.05) is 25.4 Å². The summed E-state index contributed by atoms with van der Waals surface area (Å²) in [5, 5.41) is 13.1. The second-order valence-electron chi connectivity index (χ2n) is 3.89. The third kappa shape index (κ3) is 3.67. The van der Waals surface area contributed by atoms with E-state index >= 15 is 0 Å². The molecule has 92 valence electrons. The van der Waals surface area contributed by atoms with Gasteiger partial charge in [0, 0.05) is 12.6 Å². The van der Waals surface area contributed by atoms with Crippen LogP contribution in [0.4, 0.5) is 5.69 Å². The van der Waals surface area contributed by atoms with Crippen LogP contribution in [0.15, 0.2) is 12.3 Å². The Kier molecular flexibility index (Phi) is 4.39. The second kappa shape index (κ2) is 5.58. The molecule has 1 rings (SSSR count). The van der Waals surface area contributed by atoms with E-state index in [9.17, 15) is 14.9 Å². The van der Waals surface area contributed by atoms with Gasteiger partial charge in [0.2, 0.25) is 0 Å². The first kappa shape index (κ1) is 13.4. The molecule has 1 amide bonds. The number of halogens is 1. The lowest BCUT2D eigenvalue weighted by Crippen LogP contribution is -2.27. The SMILES string of the molecule is CC(C)CNC(=O)c1cc([N+](=O)[O-])cnc1Cl. The van der Waals surface area contributed by atoms with Crippen molar-refractivity contribution in [2.45, 2.75) is 13.8 Å². The lowest BCUT2D eigenvalue weighted by Gasteiger charge is -2.08. The van der Waals surface area contributed by atoms with Crippen LogP contribution in [0.3, 0.4) is 0 Å². The highest BCUT2D eigenvalue weighted by Crippen LogP contribution is 2.18. The van der Waals surface area contributed by atoms with Gasteiger partial charge < -0.3 is 5.32 Å². The van der Waals surface area contributed by atoms with Crippen molar-refractivity contribution in [3.8, 4) is 0 Å². The maximum Gasteiger partial charge on any atom is 0.288 e. The molecule has 1 heterocycles. The molecule has 0 spiro atoms. The topological polar surface area (TPSA) is 85.1 Å². The zero-order chi connectivity index (χ0) is 13.0. The van der Waals surface area contributed by atoms with Crippen molar-refractivity contribution in [3.63, 3.8) is 0 Å². The number of hydrogen-bond donors (Lipinski definition) is 1. The monoisotopic (exact) mass is 257 g/mol. The number of nitro groups is 1. The van der Waals surface area contributed by atoms with Gasteiger partial charge in [0.1, 0.15) is 11.3 Å². The first-order chi connectivity index (χ1) is 7.91. The Morgan fingerprint density at radius 2 is 2.29 bits per heavy atom. The van der Waals surface area contributed by atoms with Crippen molar-refractivity contribution < 1.29 is 9.72 Å². The lowest BCUT2D eigenvalue weighted by molar-refractivity contribution is -0.385. The van der Waals surface area contributed by atoms with Crippen LogP contribution >= 0.6 is 11.6 Å². The highest BCUT2D eigenvalue weighted by atomic mass is 35.5. The Balaban J connectivity index is 2.92. The summed E-state index contributed by atoms with van der Waals surface area (Å²) >= 11 is 5.72. The Morgan fingerprint density at radius 1 is 1.65 bits per heavy atom. The largest absolute Gasteiger partial charge is 0.352 e. The van der Waals surface area contributed by atoms with Crippen molar-refractivity contribution in [1.82, 2.24) is 10.3 Å². The molecule has 0 saturated carbocycles. The molecule has 0 aliphatic heterocycles. The van der Waals surface area contributed by atoms with E-state index in [4.69, 9.17) is 11.6 Å². The summed E-state index contributed by atoms with van der Waals surface area (Å²) in [4.78, 5) is 25.2. The lowest BCUT2D eigenvalue weighted by atomic mass is 10.2. The van der Waals surface area contributed by atoms with Gasteiger partial charge in [-0.3, -0.25) is 14.9 Å². The van der Waals surface area contributed by atoms with Crippen LogP contribution in [0.2, 0.25) is 5.15 Å². The Bertz CT molecular complexity index is 448. The summed E-state index contributed by atoms with van der Waals surface area (Å²) in [5.41, 5.74) is -0.245. The van der Waals surface area contributed by atoms with Crippen molar-refractivity contribution in [1.29, 1.82) is 0 Å². The maximum absolute atomic E-state index is 11.7. The number of carbonyl (C=O) groups excluding carboxylic acids is 1. The van der Waals surface area contributed by atoms with E-state index in [2.05, 4.69) is 10.3 Å². The molecule has 0 fully saturated rings. The van der Waals surface area contributed by atoms with E-state index in [0.717, 1.165) is 12.3 Å². The Labute approximate surface area is 103 Å². The molecule has 0 unspecified atom stereocenters. The number of pyridine rings is 1. The molecule has 0 saturated heterocycles. The van der Waals surface area contributed by atoms with Crippen LogP contribution in [0.1, 0.15) is 24.2 Å². The summed E-state index contributed by atoms with van der Waals surface area (Å²) in [6, 6.07) is 1.12. The van der Waals surface area contributed by atoms with Crippen LogP contribution < -0.4 is 5.32 Å². The highest BCUT2D eigenvalue weighted by molar-refractivity contribution is 6.32. The third-order valence-corrected chi connectivity index (χ3v) is 2.25. The predicted molar refractivity (Wildman–Crippen MR) is 63.1 cm³/mol. The summed E-state index contributed by atoms with van der Waals surface area (Å²) in [6.45, 7) is 4.35. The van der Waals surface area contributed by atoms with Crippen LogP contribution in [-0.4, -0.2) is 22.4 Å². The minimum absolute atomic E-state index is 0.0153. The zero-order valence-electron chi connectivity index (χ0n) is 9.44. The molecule has 0 bridgehead atoms. The zero-order valence-corrected chi connectivity index (χ0v) is 10.2. The van der Waals surface area contributed by atoms with E-state index in [0.29, 0.717) is 6.54 Å². The molecule has 17 heavy (non-hydrogen) atoms. The van der Waals surface area contributed by atoms with Crippen molar-refractivity contribution in [2.75, 3.05) is 6.54 Å². The normalized spacial score (nSPS) is 10.4. The van der Waals surface area contributed by atoms with Gasteiger partial charge in [0.25, 0.3) is 11.6 Å². The first-order valence-corrected chi connectivity index (χ1v) is 5.37. The number of hydrogen-bond acceptors (Lipinski definition) is 4. The van der Waals surface area contributed by atoms with Gasteiger partial charge in [-0.15, -0.1) is 0 Å². The molecule has 1 aromatic heterocycles. The molecule has 7 heteroatoms. The number of amides is 1. The van der Waals surface area contributed by atoms with E-state index in [1.807, 2.05) is 13.8 Å². The van der Waals surface area contributed by atoms with Gasteiger partial charge in [-0.25, -0.2) is 4.98 Å². The van der Waals surface area contributed by atoms with Crippen LogP contribution in [0.25, 0.3) is 0 Å². The van der Waals surface area contributed by atoms with E-state index < -0.39 is 10.8 Å². The van der Waals surface area contributed by atoms with E-state index in [1.54, 1.807) is 0 Å². The van der Waals surface area contributed by atoms with E-state index in [-0.39, 0.29) is 22.3 Å². The molecule has 0 atom stereocenters. The average molecular weight is 258 g/mol. The Hall–Kier alpha value is -1.69. The summed E-state index contributed by atoms with van der Waals surface area (Å²) in [5.74, 6) is -0.177. The molecule has 0 aliphatic carbocycles. The summed E-state index contributed by atoms with van der Waals surface area (Å²) < 4.78 is 0. The highest BCUT2D eigenvalue weighted by Gasteiger charge is 2.16. The van der Waals surface area contributed by atoms with Gasteiger partial charge in [0.05, 0.1) is 10.5 Å². The fourth-order valence-corrected chi connectivity index (χ4v) is 1.28. The maximum atomic E-state index is 11.7. The summed E-state index contributed by atoms with van der Waals surface area (Å²) in [7, 11) is 0. The van der Waals surface area contributed by atoms with E-state index in [1.165, 1.54) is 0 Å². The van der Waals surface area contributed by atoms with Crippen molar-refractivity contribution in [3.05, 3.63) is 33.1 Å². The fraction of sp³-hybridized carbons (Fsp3) is 0.400.